The first kappa shape index (κ1) is 20.5. The Labute approximate surface area is 190 Å². The second-order valence-corrected chi connectivity index (χ2v) is 7.86. The molecule has 1 aliphatic rings. The molecule has 0 saturated heterocycles. The Bertz CT molecular complexity index is 1360. The van der Waals surface area contributed by atoms with Crippen LogP contribution in [0.15, 0.2) is 60.9 Å². The van der Waals surface area contributed by atoms with E-state index in [-0.39, 0.29) is 18.0 Å². The molecular formula is C25H22N6O2. The first-order valence-electron chi connectivity index (χ1n) is 10.7. The fourth-order valence-electron chi connectivity index (χ4n) is 4.00. The number of benzene rings is 2. The van der Waals surface area contributed by atoms with E-state index >= 15 is 0 Å². The van der Waals surface area contributed by atoms with E-state index in [1.807, 2.05) is 59.3 Å². The van der Waals surface area contributed by atoms with E-state index in [1.54, 1.807) is 6.92 Å². The molecule has 8 nitrogen and oxygen atoms in total. The molecule has 0 unspecified atom stereocenters. The summed E-state index contributed by atoms with van der Waals surface area (Å²) in [5.41, 5.74) is 8.52. The lowest BCUT2D eigenvalue weighted by Gasteiger charge is -2.35. The molecule has 2 heterocycles. The number of fused-ring (bicyclic) bond motifs is 1. The molecule has 0 bridgehead atoms. The van der Waals surface area contributed by atoms with Gasteiger partial charge in [0.2, 0.25) is 0 Å². The average Bonchev–Trinajstić information content (AvgIpc) is 3.18. The number of anilines is 1. The third kappa shape index (κ3) is 4.08. The average molecular weight is 438 g/mol. The summed E-state index contributed by atoms with van der Waals surface area (Å²) in [5, 5.41) is 8.50. The van der Waals surface area contributed by atoms with Gasteiger partial charge in [0.05, 0.1) is 11.4 Å². The van der Waals surface area contributed by atoms with Crippen LogP contribution in [0.2, 0.25) is 0 Å². The van der Waals surface area contributed by atoms with Gasteiger partial charge in [0, 0.05) is 11.6 Å². The standard InChI is InChI=1S/C25H22N6O2/c1-2-6-21(32)29-17-13-18(14-17)31-25-22(24(26)27-15-28-25)23(30-31)16-9-11-20(12-10-16)33-19-7-4-3-5-8-19/h3-5,7-12,15,17-18H,13-14H2,1H3,(H,29,32)(H2,26,27,28). The van der Waals surface area contributed by atoms with Gasteiger partial charge in [0.1, 0.15) is 29.3 Å². The molecule has 3 N–H and O–H groups in total. The number of rotatable bonds is 5. The molecule has 2 aromatic carbocycles. The fourth-order valence-corrected chi connectivity index (χ4v) is 4.00. The minimum Gasteiger partial charge on any atom is -0.457 e. The van der Waals surface area contributed by atoms with E-state index in [1.165, 1.54) is 6.33 Å². The van der Waals surface area contributed by atoms with Crippen molar-refractivity contribution in [2.75, 3.05) is 5.73 Å². The van der Waals surface area contributed by atoms with Crippen molar-refractivity contribution in [3.63, 3.8) is 0 Å². The number of hydrogen-bond donors (Lipinski definition) is 2. The number of para-hydroxylation sites is 1. The lowest BCUT2D eigenvalue weighted by Crippen LogP contribution is -2.44. The molecule has 8 heteroatoms. The highest BCUT2D eigenvalue weighted by atomic mass is 16.5. The van der Waals surface area contributed by atoms with Crippen molar-refractivity contribution in [2.24, 2.45) is 0 Å². The number of amides is 1. The molecule has 4 aromatic rings. The van der Waals surface area contributed by atoms with Crippen LogP contribution in [-0.4, -0.2) is 31.7 Å². The minimum absolute atomic E-state index is 0.0691. The molecule has 1 aliphatic carbocycles. The highest BCUT2D eigenvalue weighted by Gasteiger charge is 2.34. The van der Waals surface area contributed by atoms with Crippen LogP contribution in [-0.2, 0) is 4.79 Å². The quantitative estimate of drug-likeness (QED) is 0.460. The first-order valence-corrected chi connectivity index (χ1v) is 10.7. The zero-order valence-corrected chi connectivity index (χ0v) is 18.0. The van der Waals surface area contributed by atoms with Gasteiger partial charge in [-0.2, -0.15) is 5.10 Å². The zero-order chi connectivity index (χ0) is 22.8. The third-order valence-corrected chi connectivity index (χ3v) is 5.66. The van der Waals surface area contributed by atoms with Crippen LogP contribution in [0.25, 0.3) is 22.3 Å². The summed E-state index contributed by atoms with van der Waals surface area (Å²) in [7, 11) is 0. The van der Waals surface area contributed by atoms with Gasteiger partial charge >= 0.3 is 0 Å². The molecule has 0 radical (unpaired) electrons. The molecule has 0 atom stereocenters. The van der Waals surface area contributed by atoms with Gasteiger partial charge in [0.25, 0.3) is 5.91 Å². The van der Waals surface area contributed by atoms with Crippen LogP contribution in [0.1, 0.15) is 25.8 Å². The van der Waals surface area contributed by atoms with E-state index in [0.29, 0.717) is 11.5 Å². The van der Waals surface area contributed by atoms with Crippen molar-refractivity contribution in [3.05, 3.63) is 60.9 Å². The Morgan fingerprint density at radius 1 is 1.09 bits per heavy atom. The van der Waals surface area contributed by atoms with E-state index in [9.17, 15) is 4.79 Å². The summed E-state index contributed by atoms with van der Waals surface area (Å²) in [6.45, 7) is 1.64. The lowest BCUT2D eigenvalue weighted by atomic mass is 9.87. The normalized spacial score (nSPS) is 17.0. The van der Waals surface area contributed by atoms with Crippen LogP contribution < -0.4 is 15.8 Å². The number of aromatic nitrogens is 4. The Kier molecular flexibility index (Phi) is 5.37. The van der Waals surface area contributed by atoms with E-state index in [4.69, 9.17) is 15.6 Å². The maximum absolute atomic E-state index is 11.7. The van der Waals surface area contributed by atoms with Gasteiger partial charge in [-0.15, -0.1) is 0 Å². The zero-order valence-electron chi connectivity index (χ0n) is 18.0. The lowest BCUT2D eigenvalue weighted by molar-refractivity contribution is -0.117. The summed E-state index contributed by atoms with van der Waals surface area (Å²) in [4.78, 5) is 20.4. The molecule has 164 valence electrons. The van der Waals surface area contributed by atoms with Gasteiger partial charge < -0.3 is 15.8 Å². The summed E-state index contributed by atoms with van der Waals surface area (Å²) in [5.74, 6) is 6.75. The fraction of sp³-hybridized carbons (Fsp3) is 0.200. The molecule has 1 saturated carbocycles. The van der Waals surface area contributed by atoms with Crippen molar-refractivity contribution in [3.8, 4) is 34.6 Å². The smallest absolute Gasteiger partial charge is 0.296 e. The minimum atomic E-state index is -0.253. The van der Waals surface area contributed by atoms with Crippen molar-refractivity contribution in [2.45, 2.75) is 31.8 Å². The van der Waals surface area contributed by atoms with Gasteiger partial charge in [-0.1, -0.05) is 24.1 Å². The van der Waals surface area contributed by atoms with Gasteiger partial charge in [-0.3, -0.25) is 4.79 Å². The van der Waals surface area contributed by atoms with Gasteiger partial charge in [0.15, 0.2) is 5.65 Å². The Balaban J connectivity index is 1.41. The molecule has 1 fully saturated rings. The van der Waals surface area contributed by atoms with Crippen molar-refractivity contribution in [1.82, 2.24) is 25.1 Å². The first-order chi connectivity index (χ1) is 16.1. The van der Waals surface area contributed by atoms with Crippen molar-refractivity contribution < 1.29 is 9.53 Å². The molecule has 33 heavy (non-hydrogen) atoms. The summed E-state index contributed by atoms with van der Waals surface area (Å²) >= 11 is 0. The number of hydrogen-bond acceptors (Lipinski definition) is 6. The number of ether oxygens (including phenoxy) is 1. The molecule has 5 rings (SSSR count). The van der Waals surface area contributed by atoms with Crippen molar-refractivity contribution in [1.29, 1.82) is 0 Å². The molecule has 1 amide bonds. The SMILES string of the molecule is CC#CC(=O)NC1CC(n2nc(-c3ccc(Oc4ccccc4)cc3)c3c(N)ncnc32)C1. The molecule has 2 aromatic heterocycles. The second kappa shape index (κ2) is 8.63. The molecular weight excluding hydrogens is 416 g/mol. The predicted molar refractivity (Wildman–Crippen MR) is 125 cm³/mol. The summed E-state index contributed by atoms with van der Waals surface area (Å²) in [6, 6.07) is 17.5. The Hall–Kier alpha value is -4.38. The number of nitrogens with two attached hydrogens (primary N) is 1. The largest absolute Gasteiger partial charge is 0.457 e. The number of nitrogen functional groups attached to an aromatic ring is 1. The molecule has 0 spiro atoms. The van der Waals surface area contributed by atoms with E-state index < -0.39 is 0 Å². The highest BCUT2D eigenvalue weighted by molar-refractivity contribution is 5.98. The van der Waals surface area contributed by atoms with E-state index in [0.717, 1.165) is 41.0 Å². The number of carbonyl (C=O) groups excluding carboxylic acids is 1. The maximum Gasteiger partial charge on any atom is 0.296 e. The number of nitrogens with one attached hydrogen (secondary N) is 1. The summed E-state index contributed by atoms with van der Waals surface area (Å²) in [6.07, 6.45) is 2.95. The maximum atomic E-state index is 11.7. The monoisotopic (exact) mass is 438 g/mol. The highest BCUT2D eigenvalue weighted by Crippen LogP contribution is 2.38. The van der Waals surface area contributed by atoms with Gasteiger partial charge in [-0.05, 0) is 62.1 Å². The van der Waals surface area contributed by atoms with Crippen LogP contribution in [0, 0.1) is 11.8 Å². The van der Waals surface area contributed by atoms with Crippen LogP contribution >= 0.6 is 0 Å². The third-order valence-electron chi connectivity index (χ3n) is 5.66. The molecule has 0 aliphatic heterocycles. The summed E-state index contributed by atoms with van der Waals surface area (Å²) < 4.78 is 7.79. The van der Waals surface area contributed by atoms with Crippen LogP contribution in [0.3, 0.4) is 0 Å². The predicted octanol–water partition coefficient (Wildman–Crippen LogP) is 3.71. The van der Waals surface area contributed by atoms with Crippen molar-refractivity contribution >= 4 is 22.8 Å². The second-order valence-electron chi connectivity index (χ2n) is 7.86. The topological polar surface area (TPSA) is 108 Å². The Morgan fingerprint density at radius 3 is 2.55 bits per heavy atom. The van der Waals surface area contributed by atoms with Crippen LogP contribution in [0.4, 0.5) is 5.82 Å². The van der Waals surface area contributed by atoms with Gasteiger partial charge in [-0.25, -0.2) is 14.6 Å². The van der Waals surface area contributed by atoms with Crippen LogP contribution in [0.5, 0.6) is 11.5 Å². The van der Waals surface area contributed by atoms with E-state index in [2.05, 4.69) is 27.1 Å². The number of nitrogens with zero attached hydrogens (tertiary/aromatic N) is 4. The number of carbonyl (C=O) groups is 1. The Morgan fingerprint density at radius 2 is 1.82 bits per heavy atom.